The molecule has 1 amide bonds. The van der Waals surface area contributed by atoms with Gasteiger partial charge in [-0.05, 0) is 54.6 Å². The van der Waals surface area contributed by atoms with Gasteiger partial charge in [0, 0.05) is 13.1 Å². The van der Waals surface area contributed by atoms with E-state index < -0.39 is 0 Å². The van der Waals surface area contributed by atoms with Gasteiger partial charge in [0.2, 0.25) is 5.91 Å². The molecular formula is C20H23NO. The topological polar surface area (TPSA) is 20.3 Å². The maximum absolute atomic E-state index is 13.4. The number of amides is 1. The average molecular weight is 293 g/mol. The quantitative estimate of drug-likeness (QED) is 0.719. The lowest BCUT2D eigenvalue weighted by molar-refractivity contribution is -0.143. The molecule has 0 saturated heterocycles. The molecule has 114 valence electrons. The molecule has 1 heterocycles. The van der Waals surface area contributed by atoms with Crippen LogP contribution in [0.25, 0.3) is 0 Å². The molecule has 1 aromatic carbocycles. The monoisotopic (exact) mass is 293 g/mol. The smallest absolute Gasteiger partial charge is 0.229 e. The van der Waals surface area contributed by atoms with Crippen molar-refractivity contribution in [3.8, 4) is 0 Å². The van der Waals surface area contributed by atoms with Crippen LogP contribution in [0, 0.1) is 23.2 Å². The van der Waals surface area contributed by atoms with Crippen LogP contribution in [0.5, 0.6) is 0 Å². The molecule has 4 aliphatic rings. The van der Waals surface area contributed by atoms with Crippen LogP contribution in [0.15, 0.2) is 35.9 Å². The Hall–Kier alpha value is -1.57. The summed E-state index contributed by atoms with van der Waals surface area (Å²) in [5.41, 5.74) is 4.28. The zero-order chi connectivity index (χ0) is 14.9. The van der Waals surface area contributed by atoms with Crippen molar-refractivity contribution in [2.45, 2.75) is 45.7 Å². The van der Waals surface area contributed by atoms with E-state index in [1.807, 2.05) is 0 Å². The van der Waals surface area contributed by atoms with Gasteiger partial charge in [0.15, 0.2) is 0 Å². The summed E-state index contributed by atoms with van der Waals surface area (Å²) in [4.78, 5) is 15.5. The molecule has 0 aromatic heterocycles. The fourth-order valence-corrected chi connectivity index (χ4v) is 5.73. The molecule has 2 heteroatoms. The van der Waals surface area contributed by atoms with E-state index in [0.29, 0.717) is 11.8 Å². The van der Waals surface area contributed by atoms with Gasteiger partial charge in [-0.25, -0.2) is 0 Å². The Bertz CT molecular complexity index is 666. The second-order valence-electron chi connectivity index (χ2n) is 8.11. The fourth-order valence-electron chi connectivity index (χ4n) is 5.73. The molecule has 2 bridgehead atoms. The Labute approximate surface area is 132 Å². The van der Waals surface area contributed by atoms with Crippen molar-refractivity contribution in [2.75, 3.05) is 0 Å². The highest BCUT2D eigenvalue weighted by Gasteiger charge is 2.57. The van der Waals surface area contributed by atoms with Crippen molar-refractivity contribution in [3.63, 3.8) is 0 Å². The maximum atomic E-state index is 13.4. The summed E-state index contributed by atoms with van der Waals surface area (Å²) in [7, 11) is 0. The summed E-state index contributed by atoms with van der Waals surface area (Å²) in [6, 6.07) is 8.53. The molecule has 22 heavy (non-hydrogen) atoms. The lowest BCUT2D eigenvalue weighted by atomic mass is 9.69. The summed E-state index contributed by atoms with van der Waals surface area (Å²) in [6.45, 7) is 3.94. The van der Waals surface area contributed by atoms with Gasteiger partial charge >= 0.3 is 0 Å². The highest BCUT2D eigenvalue weighted by atomic mass is 16.2. The first-order valence-electron chi connectivity index (χ1n) is 8.71. The Morgan fingerprint density at radius 2 is 1.86 bits per heavy atom. The van der Waals surface area contributed by atoms with E-state index in [1.54, 1.807) is 5.57 Å². The fraction of sp³-hybridized carbons (Fsp3) is 0.550. The molecule has 0 spiro atoms. The average Bonchev–Trinajstić information content (AvgIpc) is 3.00. The predicted molar refractivity (Wildman–Crippen MR) is 85.8 cm³/mol. The van der Waals surface area contributed by atoms with Crippen LogP contribution < -0.4 is 0 Å². The van der Waals surface area contributed by atoms with Crippen molar-refractivity contribution in [1.29, 1.82) is 0 Å². The number of hydrogen-bond acceptors (Lipinski definition) is 1. The standard InChI is InChI=1S/C20H23NO/c1-13-6-16-7-17-9-20(8-13,10-18(16)17)19(22)21-11-14-4-2-3-5-15(14)12-21/h2-6,13,17-18H,7-12H2,1H3. The molecule has 0 radical (unpaired) electrons. The third-order valence-corrected chi connectivity index (χ3v) is 6.60. The van der Waals surface area contributed by atoms with Crippen LogP contribution in [-0.2, 0) is 17.9 Å². The normalized spacial score (nSPS) is 38.1. The third kappa shape index (κ3) is 1.64. The maximum Gasteiger partial charge on any atom is 0.229 e. The van der Waals surface area contributed by atoms with Crippen molar-refractivity contribution in [1.82, 2.24) is 4.90 Å². The number of hydrogen-bond donors (Lipinski definition) is 0. The van der Waals surface area contributed by atoms with E-state index in [0.717, 1.165) is 44.2 Å². The van der Waals surface area contributed by atoms with Crippen molar-refractivity contribution < 1.29 is 4.79 Å². The molecule has 0 N–H and O–H groups in total. The van der Waals surface area contributed by atoms with Gasteiger partial charge in [-0.1, -0.05) is 42.8 Å². The molecular weight excluding hydrogens is 270 g/mol. The van der Waals surface area contributed by atoms with Crippen LogP contribution in [0.3, 0.4) is 0 Å². The SMILES string of the molecule is CC1C=C2CC3CC(C(=O)N4Cc5ccccc5C4)(C1)CC23. The number of carbonyl (C=O) groups is 1. The van der Waals surface area contributed by atoms with Crippen LogP contribution in [0.2, 0.25) is 0 Å². The number of rotatable bonds is 1. The number of allylic oxidation sites excluding steroid dienone is 2. The van der Waals surface area contributed by atoms with Crippen LogP contribution in [0.4, 0.5) is 0 Å². The minimum absolute atomic E-state index is 0.0639. The van der Waals surface area contributed by atoms with Gasteiger partial charge in [0.25, 0.3) is 0 Å². The van der Waals surface area contributed by atoms with Crippen LogP contribution in [-0.4, -0.2) is 10.8 Å². The summed E-state index contributed by atoms with van der Waals surface area (Å²) in [5, 5.41) is 0. The van der Waals surface area contributed by atoms with E-state index in [-0.39, 0.29) is 5.41 Å². The molecule has 2 nitrogen and oxygen atoms in total. The predicted octanol–water partition coefficient (Wildman–Crippen LogP) is 3.91. The highest BCUT2D eigenvalue weighted by molar-refractivity contribution is 5.84. The van der Waals surface area contributed by atoms with Crippen LogP contribution >= 0.6 is 0 Å². The Balaban J connectivity index is 1.44. The molecule has 1 aromatic rings. The molecule has 5 rings (SSSR count). The van der Waals surface area contributed by atoms with E-state index in [1.165, 1.54) is 17.5 Å². The molecule has 3 aliphatic carbocycles. The summed E-state index contributed by atoms with van der Waals surface area (Å²) in [6.07, 6.45) is 7.08. The molecule has 2 saturated carbocycles. The summed E-state index contributed by atoms with van der Waals surface area (Å²) < 4.78 is 0. The minimum Gasteiger partial charge on any atom is -0.334 e. The van der Waals surface area contributed by atoms with E-state index in [4.69, 9.17) is 0 Å². The molecule has 4 atom stereocenters. The van der Waals surface area contributed by atoms with Crippen molar-refractivity contribution >= 4 is 5.91 Å². The van der Waals surface area contributed by atoms with E-state index >= 15 is 0 Å². The number of carbonyl (C=O) groups excluding carboxylic acids is 1. The minimum atomic E-state index is -0.0639. The van der Waals surface area contributed by atoms with E-state index in [9.17, 15) is 4.79 Å². The summed E-state index contributed by atoms with van der Waals surface area (Å²) >= 11 is 0. The molecule has 1 aliphatic heterocycles. The van der Waals surface area contributed by atoms with Crippen molar-refractivity contribution in [2.24, 2.45) is 23.2 Å². The van der Waals surface area contributed by atoms with Crippen molar-refractivity contribution in [3.05, 3.63) is 47.0 Å². The van der Waals surface area contributed by atoms with Gasteiger partial charge in [-0.15, -0.1) is 0 Å². The second-order valence-corrected chi connectivity index (χ2v) is 8.11. The first-order chi connectivity index (χ1) is 10.6. The van der Waals surface area contributed by atoms with Gasteiger partial charge < -0.3 is 4.90 Å². The summed E-state index contributed by atoms with van der Waals surface area (Å²) in [5.74, 6) is 2.54. The Kier molecular flexibility index (Phi) is 2.49. The zero-order valence-electron chi connectivity index (χ0n) is 13.2. The largest absolute Gasteiger partial charge is 0.334 e. The number of benzene rings is 1. The van der Waals surface area contributed by atoms with Crippen LogP contribution in [0.1, 0.15) is 43.7 Å². The first-order valence-corrected chi connectivity index (χ1v) is 8.71. The van der Waals surface area contributed by atoms with Gasteiger partial charge in [0.1, 0.15) is 0 Å². The first kappa shape index (κ1) is 12.9. The lowest BCUT2D eigenvalue weighted by Crippen LogP contribution is -2.41. The third-order valence-electron chi connectivity index (χ3n) is 6.60. The number of fused-ring (bicyclic) bond motifs is 2. The lowest BCUT2D eigenvalue weighted by Gasteiger charge is -2.37. The second kappa shape index (κ2) is 4.24. The van der Waals surface area contributed by atoms with Gasteiger partial charge in [0.05, 0.1) is 5.41 Å². The molecule has 4 unspecified atom stereocenters. The Morgan fingerprint density at radius 1 is 1.14 bits per heavy atom. The zero-order valence-corrected chi connectivity index (χ0v) is 13.2. The highest BCUT2D eigenvalue weighted by Crippen LogP contribution is 2.63. The Morgan fingerprint density at radius 3 is 2.59 bits per heavy atom. The van der Waals surface area contributed by atoms with Gasteiger partial charge in [-0.2, -0.15) is 0 Å². The van der Waals surface area contributed by atoms with Gasteiger partial charge in [-0.3, -0.25) is 4.79 Å². The number of nitrogens with zero attached hydrogens (tertiary/aromatic N) is 1. The molecule has 2 fully saturated rings. The van der Waals surface area contributed by atoms with E-state index in [2.05, 4.69) is 42.2 Å².